The van der Waals surface area contributed by atoms with Gasteiger partial charge in [0, 0.05) is 37.3 Å². The molecule has 1 aliphatic rings. The van der Waals surface area contributed by atoms with E-state index in [0.29, 0.717) is 30.3 Å². The summed E-state index contributed by atoms with van der Waals surface area (Å²) in [5, 5.41) is 0. The maximum atomic E-state index is 2.66. The molecule has 2 atom stereocenters. The third kappa shape index (κ3) is 3.46. The van der Waals surface area contributed by atoms with Gasteiger partial charge in [-0.25, -0.2) is 0 Å². The zero-order valence-corrected chi connectivity index (χ0v) is 13.6. The number of likely N-dealkylation sites (N-methyl/N-ethyl adjacent to an activating group) is 1. The zero-order chi connectivity index (χ0) is 14.0. The van der Waals surface area contributed by atoms with E-state index >= 15 is 0 Å². The fraction of sp³-hybridized carbons (Fsp3) is 1.00. The van der Waals surface area contributed by atoms with E-state index in [9.17, 15) is 0 Å². The van der Waals surface area contributed by atoms with Crippen LogP contribution in [-0.4, -0.2) is 65.2 Å². The summed E-state index contributed by atoms with van der Waals surface area (Å²) in [7, 11) is 2.25. The molecule has 3 heteroatoms. The van der Waals surface area contributed by atoms with Crippen LogP contribution in [-0.2, 0) is 0 Å². The largest absolute Gasteiger partial charge is 0.303 e. The Morgan fingerprint density at radius 2 is 1.11 bits per heavy atom. The highest BCUT2D eigenvalue weighted by atomic mass is 15.4. The fourth-order valence-corrected chi connectivity index (χ4v) is 3.94. The molecule has 0 radical (unpaired) electrons. The van der Waals surface area contributed by atoms with Crippen molar-refractivity contribution >= 4 is 0 Å². The van der Waals surface area contributed by atoms with Gasteiger partial charge in [-0.05, 0) is 55.5 Å². The van der Waals surface area contributed by atoms with Crippen LogP contribution in [0, 0.1) is 0 Å². The number of nitrogens with zero attached hydrogens (tertiary/aromatic N) is 3. The minimum absolute atomic E-state index is 0.517. The van der Waals surface area contributed by atoms with Crippen LogP contribution in [0.2, 0.25) is 0 Å². The Morgan fingerprint density at radius 1 is 0.778 bits per heavy atom. The first kappa shape index (κ1) is 15.9. The van der Waals surface area contributed by atoms with E-state index in [1.165, 1.54) is 13.1 Å². The number of rotatable bonds is 2. The van der Waals surface area contributed by atoms with Crippen LogP contribution in [0.3, 0.4) is 0 Å². The van der Waals surface area contributed by atoms with E-state index in [2.05, 4.69) is 70.2 Å². The summed E-state index contributed by atoms with van der Waals surface area (Å²) in [4.78, 5) is 7.80. The van der Waals surface area contributed by atoms with Gasteiger partial charge in [0.25, 0.3) is 0 Å². The lowest BCUT2D eigenvalue weighted by atomic mass is 10.1. The quantitative estimate of drug-likeness (QED) is 0.750. The van der Waals surface area contributed by atoms with E-state index in [0.717, 1.165) is 0 Å². The molecule has 3 nitrogen and oxygen atoms in total. The Labute approximate surface area is 114 Å². The van der Waals surface area contributed by atoms with Crippen molar-refractivity contribution in [3.8, 4) is 0 Å². The summed E-state index contributed by atoms with van der Waals surface area (Å²) in [6, 6.07) is 2.40. The summed E-state index contributed by atoms with van der Waals surface area (Å²) in [5.41, 5.74) is 0. The van der Waals surface area contributed by atoms with Gasteiger partial charge in [0.05, 0.1) is 6.17 Å². The fourth-order valence-electron chi connectivity index (χ4n) is 3.94. The van der Waals surface area contributed by atoms with Gasteiger partial charge < -0.3 is 4.90 Å². The van der Waals surface area contributed by atoms with Gasteiger partial charge in [-0.1, -0.05) is 0 Å². The van der Waals surface area contributed by atoms with Gasteiger partial charge in [0.1, 0.15) is 0 Å². The molecule has 2 unspecified atom stereocenters. The van der Waals surface area contributed by atoms with Crippen molar-refractivity contribution in [2.75, 3.05) is 20.1 Å². The lowest BCUT2D eigenvalue weighted by Gasteiger charge is -2.50. The van der Waals surface area contributed by atoms with Crippen molar-refractivity contribution < 1.29 is 0 Å². The maximum absolute atomic E-state index is 2.66. The number of hydrogen-bond acceptors (Lipinski definition) is 3. The van der Waals surface area contributed by atoms with E-state index < -0.39 is 0 Å². The van der Waals surface area contributed by atoms with Crippen LogP contribution >= 0.6 is 0 Å². The van der Waals surface area contributed by atoms with E-state index in [-0.39, 0.29) is 0 Å². The second-order valence-corrected chi connectivity index (χ2v) is 6.63. The lowest BCUT2D eigenvalue weighted by Crippen LogP contribution is -2.63. The average Bonchev–Trinajstić information content (AvgIpc) is 2.13. The first-order valence-corrected chi connectivity index (χ1v) is 7.49. The first-order valence-electron chi connectivity index (χ1n) is 7.49. The second kappa shape index (κ2) is 6.36. The summed E-state index contributed by atoms with van der Waals surface area (Å²) in [6.07, 6.45) is 0.517. The number of hydrogen-bond donors (Lipinski definition) is 0. The summed E-state index contributed by atoms with van der Waals surface area (Å²) >= 11 is 0. The molecular formula is C15H33N3. The predicted octanol–water partition coefficient (Wildman–Crippen LogP) is 2.48. The molecule has 1 saturated heterocycles. The molecule has 1 aliphatic heterocycles. The maximum Gasteiger partial charge on any atom is 0.0603 e. The van der Waals surface area contributed by atoms with Crippen molar-refractivity contribution in [2.24, 2.45) is 0 Å². The third-order valence-electron chi connectivity index (χ3n) is 4.23. The van der Waals surface area contributed by atoms with Crippen molar-refractivity contribution in [1.82, 2.24) is 14.7 Å². The molecule has 1 rings (SSSR count). The van der Waals surface area contributed by atoms with Crippen LogP contribution in [0.15, 0.2) is 0 Å². The normalized spacial score (nSPS) is 34.0. The molecule has 0 saturated carbocycles. The van der Waals surface area contributed by atoms with Crippen LogP contribution in [0.1, 0.15) is 48.5 Å². The molecule has 0 N–H and O–H groups in total. The van der Waals surface area contributed by atoms with Crippen LogP contribution in [0.4, 0.5) is 0 Å². The Hall–Kier alpha value is -0.120. The van der Waals surface area contributed by atoms with Crippen LogP contribution in [0.5, 0.6) is 0 Å². The molecule has 0 aromatic carbocycles. The minimum Gasteiger partial charge on any atom is -0.303 e. The van der Waals surface area contributed by atoms with Gasteiger partial charge >= 0.3 is 0 Å². The highest BCUT2D eigenvalue weighted by Crippen LogP contribution is 2.22. The standard InChI is InChI=1S/C15H33N3/c1-11(2)17-13(5)9-16(8)10-14(6)18(12(3)4)15(17)7/h11-15H,9-10H2,1-8H3. The molecular weight excluding hydrogens is 222 g/mol. The van der Waals surface area contributed by atoms with E-state index in [1.807, 2.05) is 0 Å². The zero-order valence-electron chi connectivity index (χ0n) is 13.6. The predicted molar refractivity (Wildman–Crippen MR) is 79.8 cm³/mol. The monoisotopic (exact) mass is 255 g/mol. The SMILES string of the molecule is CC(C)N1C(C)CN(C)CC(C)N(C(C)C)C1C. The Bertz CT molecular complexity index is 228. The second-order valence-electron chi connectivity index (χ2n) is 6.63. The van der Waals surface area contributed by atoms with Gasteiger partial charge in [0.15, 0.2) is 0 Å². The van der Waals surface area contributed by atoms with Crippen molar-refractivity contribution in [2.45, 2.75) is 78.8 Å². The third-order valence-corrected chi connectivity index (χ3v) is 4.23. The summed E-state index contributed by atoms with van der Waals surface area (Å²) in [5.74, 6) is 0. The summed E-state index contributed by atoms with van der Waals surface area (Å²) < 4.78 is 0. The van der Waals surface area contributed by atoms with Crippen molar-refractivity contribution in [1.29, 1.82) is 0 Å². The lowest BCUT2D eigenvalue weighted by molar-refractivity contribution is -0.0608. The van der Waals surface area contributed by atoms with Gasteiger partial charge in [-0.2, -0.15) is 0 Å². The Kier molecular flexibility index (Phi) is 5.63. The topological polar surface area (TPSA) is 9.72 Å². The first-order chi connectivity index (χ1) is 8.25. The molecule has 0 aromatic heterocycles. The van der Waals surface area contributed by atoms with Gasteiger partial charge in [0.2, 0.25) is 0 Å². The van der Waals surface area contributed by atoms with Gasteiger partial charge in [-0.3, -0.25) is 9.80 Å². The molecule has 108 valence electrons. The molecule has 0 aromatic rings. The van der Waals surface area contributed by atoms with Crippen molar-refractivity contribution in [3.05, 3.63) is 0 Å². The average molecular weight is 255 g/mol. The minimum atomic E-state index is 0.517. The molecule has 0 amide bonds. The summed E-state index contributed by atoms with van der Waals surface area (Å²) in [6.45, 7) is 18.7. The highest BCUT2D eigenvalue weighted by Gasteiger charge is 2.34. The molecule has 1 heterocycles. The molecule has 18 heavy (non-hydrogen) atoms. The van der Waals surface area contributed by atoms with E-state index in [1.54, 1.807) is 0 Å². The van der Waals surface area contributed by atoms with Crippen LogP contribution in [0.25, 0.3) is 0 Å². The smallest absolute Gasteiger partial charge is 0.0603 e. The molecule has 0 bridgehead atoms. The van der Waals surface area contributed by atoms with E-state index in [4.69, 9.17) is 0 Å². The Morgan fingerprint density at radius 3 is 1.39 bits per heavy atom. The van der Waals surface area contributed by atoms with Crippen molar-refractivity contribution in [3.63, 3.8) is 0 Å². The molecule has 0 spiro atoms. The van der Waals surface area contributed by atoms with Gasteiger partial charge in [-0.15, -0.1) is 0 Å². The highest BCUT2D eigenvalue weighted by molar-refractivity contribution is 4.87. The molecule has 0 aliphatic carbocycles. The Balaban J connectivity index is 3.01. The molecule has 1 fully saturated rings. The van der Waals surface area contributed by atoms with Crippen LogP contribution < -0.4 is 0 Å².